The molecule has 0 aliphatic carbocycles. The van der Waals surface area contributed by atoms with Gasteiger partial charge in [0.05, 0.1) is 6.67 Å². The minimum absolute atomic E-state index is 0.124. The van der Waals surface area contributed by atoms with Gasteiger partial charge in [-0.25, -0.2) is 0 Å². The normalized spacial score (nSPS) is 21.3. The van der Waals surface area contributed by atoms with E-state index in [1.54, 1.807) is 0 Å². The number of hydrogen-bond acceptors (Lipinski definition) is 2. The number of nitrogens with zero attached hydrogens (tertiary/aromatic N) is 2. The Labute approximate surface area is 145 Å². The van der Waals surface area contributed by atoms with Crippen LogP contribution >= 0.6 is 0 Å². The summed E-state index contributed by atoms with van der Waals surface area (Å²) in [5.41, 5.74) is 4.20. The molecule has 0 aromatic heterocycles. The zero-order valence-electron chi connectivity index (χ0n) is 14.9. The van der Waals surface area contributed by atoms with E-state index in [4.69, 9.17) is 0 Å². The van der Waals surface area contributed by atoms with Crippen molar-refractivity contribution in [3.8, 4) is 0 Å². The van der Waals surface area contributed by atoms with Crippen LogP contribution in [0.1, 0.15) is 56.6 Å². The first-order valence-corrected chi connectivity index (χ1v) is 9.07. The molecule has 128 valence electrons. The number of hydrogen-bond donors (Lipinski definition) is 0. The molecule has 3 rings (SSSR count). The zero-order valence-corrected chi connectivity index (χ0v) is 14.9. The highest BCUT2D eigenvalue weighted by Gasteiger charge is 2.30. The van der Waals surface area contributed by atoms with Crippen molar-refractivity contribution in [2.75, 3.05) is 19.8 Å². The highest BCUT2D eigenvalue weighted by atomic mass is 16.2. The van der Waals surface area contributed by atoms with Crippen molar-refractivity contribution in [3.05, 3.63) is 53.2 Å². The van der Waals surface area contributed by atoms with Crippen molar-refractivity contribution in [1.29, 1.82) is 0 Å². The van der Waals surface area contributed by atoms with E-state index in [9.17, 15) is 4.79 Å². The van der Waals surface area contributed by atoms with Crippen molar-refractivity contribution >= 4 is 12.0 Å². The van der Waals surface area contributed by atoms with Crippen molar-refractivity contribution < 1.29 is 4.79 Å². The van der Waals surface area contributed by atoms with Gasteiger partial charge in [-0.3, -0.25) is 14.6 Å². The third-order valence-corrected chi connectivity index (χ3v) is 5.03. The van der Waals surface area contributed by atoms with Crippen LogP contribution in [-0.2, 0) is 4.79 Å². The van der Waals surface area contributed by atoms with Gasteiger partial charge >= 0.3 is 0 Å². The molecule has 0 saturated carbocycles. The van der Waals surface area contributed by atoms with Crippen molar-refractivity contribution in [3.63, 3.8) is 0 Å². The predicted molar refractivity (Wildman–Crippen MR) is 99.4 cm³/mol. The number of amides is 1. The Bertz CT molecular complexity index is 636. The number of benzene rings is 1. The van der Waals surface area contributed by atoms with Crippen LogP contribution in [0.2, 0.25) is 0 Å². The van der Waals surface area contributed by atoms with Crippen LogP contribution < -0.4 is 0 Å². The minimum Gasteiger partial charge on any atom is -0.299 e. The van der Waals surface area contributed by atoms with Crippen LogP contribution in [0.3, 0.4) is 0 Å². The number of likely N-dealkylation sites (tertiary alicyclic amines) is 2. The van der Waals surface area contributed by atoms with Crippen LogP contribution in [0.25, 0.3) is 6.08 Å². The summed E-state index contributed by atoms with van der Waals surface area (Å²) in [5, 5.41) is 0. The van der Waals surface area contributed by atoms with E-state index in [2.05, 4.69) is 49.6 Å². The molecule has 2 aliphatic rings. The van der Waals surface area contributed by atoms with E-state index in [-0.39, 0.29) is 5.91 Å². The fourth-order valence-electron chi connectivity index (χ4n) is 3.46. The standard InChI is InChI=1S/C21H28N2O/c1-16(2)19-9-7-18(8-10-19)14-20-13-17(3)23(21(20)24)15-22-11-5-4-6-12-22/h7-10,14,16H,3-6,11-13,15H2,1-2H3. The molecule has 2 saturated heterocycles. The first-order chi connectivity index (χ1) is 11.5. The molecule has 1 aromatic rings. The molecule has 24 heavy (non-hydrogen) atoms. The first-order valence-electron chi connectivity index (χ1n) is 9.07. The smallest absolute Gasteiger partial charge is 0.255 e. The highest BCUT2D eigenvalue weighted by molar-refractivity contribution is 6.02. The lowest BCUT2D eigenvalue weighted by Crippen LogP contribution is -2.40. The van der Waals surface area contributed by atoms with Crippen LogP contribution in [0.5, 0.6) is 0 Å². The maximum absolute atomic E-state index is 12.7. The summed E-state index contributed by atoms with van der Waals surface area (Å²) in [6.45, 7) is 11.4. The Hall–Kier alpha value is -1.87. The topological polar surface area (TPSA) is 23.6 Å². The van der Waals surface area contributed by atoms with Gasteiger partial charge in [-0.2, -0.15) is 0 Å². The van der Waals surface area contributed by atoms with E-state index in [1.165, 1.54) is 24.8 Å². The molecule has 0 unspecified atom stereocenters. The summed E-state index contributed by atoms with van der Waals surface area (Å²) in [7, 11) is 0. The fourth-order valence-corrected chi connectivity index (χ4v) is 3.46. The molecule has 1 aromatic carbocycles. The Morgan fingerprint density at radius 1 is 1.12 bits per heavy atom. The first kappa shape index (κ1) is 17.0. The Kier molecular flexibility index (Phi) is 5.20. The average molecular weight is 324 g/mol. The lowest BCUT2D eigenvalue weighted by Gasteiger charge is -2.30. The number of allylic oxidation sites excluding steroid dienone is 1. The summed E-state index contributed by atoms with van der Waals surface area (Å²) < 4.78 is 0. The zero-order chi connectivity index (χ0) is 17.1. The molecule has 2 aliphatic heterocycles. The summed E-state index contributed by atoms with van der Waals surface area (Å²) in [5.74, 6) is 0.651. The molecule has 3 nitrogen and oxygen atoms in total. The van der Waals surface area contributed by atoms with Gasteiger partial charge in [0.2, 0.25) is 0 Å². The second kappa shape index (κ2) is 7.35. The number of piperidine rings is 1. The van der Waals surface area contributed by atoms with E-state index >= 15 is 0 Å². The van der Waals surface area contributed by atoms with Crippen LogP contribution in [0.4, 0.5) is 0 Å². The molecule has 0 bridgehead atoms. The summed E-state index contributed by atoms with van der Waals surface area (Å²) in [4.78, 5) is 17.0. The number of carbonyl (C=O) groups is 1. The Morgan fingerprint density at radius 2 is 1.79 bits per heavy atom. The Morgan fingerprint density at radius 3 is 2.42 bits per heavy atom. The van der Waals surface area contributed by atoms with Gasteiger partial charge in [0.25, 0.3) is 5.91 Å². The molecular formula is C21H28N2O. The van der Waals surface area contributed by atoms with Gasteiger partial charge < -0.3 is 0 Å². The lowest BCUT2D eigenvalue weighted by atomic mass is 10.0. The molecule has 0 N–H and O–H groups in total. The summed E-state index contributed by atoms with van der Waals surface area (Å²) >= 11 is 0. The molecule has 1 amide bonds. The van der Waals surface area contributed by atoms with Gasteiger partial charge in [-0.15, -0.1) is 0 Å². The SMILES string of the molecule is C=C1CC(=Cc2ccc(C(C)C)cc2)C(=O)N1CN1CCCCC1. The van der Waals surface area contributed by atoms with Crippen molar-refractivity contribution in [2.45, 2.75) is 45.4 Å². The maximum Gasteiger partial charge on any atom is 0.255 e. The average Bonchev–Trinajstić information content (AvgIpc) is 2.84. The Balaban J connectivity index is 1.70. The number of carbonyl (C=O) groups excluding carboxylic acids is 1. The molecule has 0 atom stereocenters. The quantitative estimate of drug-likeness (QED) is 0.767. The van der Waals surface area contributed by atoms with Crippen LogP contribution in [0, 0.1) is 0 Å². The highest BCUT2D eigenvalue weighted by Crippen LogP contribution is 2.29. The second-order valence-electron chi connectivity index (χ2n) is 7.29. The van der Waals surface area contributed by atoms with Crippen LogP contribution in [0.15, 0.2) is 42.1 Å². The third kappa shape index (κ3) is 3.78. The van der Waals surface area contributed by atoms with E-state index in [0.29, 0.717) is 19.0 Å². The van der Waals surface area contributed by atoms with E-state index in [0.717, 1.165) is 29.9 Å². The number of rotatable bonds is 4. The monoisotopic (exact) mass is 324 g/mol. The molecule has 2 heterocycles. The van der Waals surface area contributed by atoms with E-state index < -0.39 is 0 Å². The van der Waals surface area contributed by atoms with Gasteiger partial charge in [0, 0.05) is 17.7 Å². The van der Waals surface area contributed by atoms with Crippen molar-refractivity contribution in [1.82, 2.24) is 9.80 Å². The minimum atomic E-state index is 0.124. The molecular weight excluding hydrogens is 296 g/mol. The molecule has 3 heteroatoms. The van der Waals surface area contributed by atoms with Crippen LogP contribution in [-0.4, -0.2) is 35.5 Å². The maximum atomic E-state index is 12.7. The van der Waals surface area contributed by atoms with Gasteiger partial charge in [0.1, 0.15) is 0 Å². The van der Waals surface area contributed by atoms with Gasteiger partial charge in [0.15, 0.2) is 0 Å². The molecule has 0 spiro atoms. The molecule has 0 radical (unpaired) electrons. The van der Waals surface area contributed by atoms with Gasteiger partial charge in [-0.1, -0.05) is 51.1 Å². The fraction of sp³-hybridized carbons (Fsp3) is 0.476. The lowest BCUT2D eigenvalue weighted by molar-refractivity contribution is -0.125. The predicted octanol–water partition coefficient (Wildman–Crippen LogP) is 4.38. The summed E-state index contributed by atoms with van der Waals surface area (Å²) in [6.07, 6.45) is 6.47. The third-order valence-electron chi connectivity index (χ3n) is 5.03. The van der Waals surface area contributed by atoms with E-state index in [1.807, 2.05) is 11.0 Å². The summed E-state index contributed by atoms with van der Waals surface area (Å²) in [6, 6.07) is 8.50. The molecule has 2 fully saturated rings. The van der Waals surface area contributed by atoms with Gasteiger partial charge in [-0.05, 0) is 49.1 Å². The second-order valence-corrected chi connectivity index (χ2v) is 7.29. The van der Waals surface area contributed by atoms with Crippen molar-refractivity contribution in [2.24, 2.45) is 0 Å². The largest absolute Gasteiger partial charge is 0.299 e.